The summed E-state index contributed by atoms with van der Waals surface area (Å²) in [4.78, 5) is 0. The lowest BCUT2D eigenvalue weighted by Crippen LogP contribution is -2.18. The van der Waals surface area contributed by atoms with Crippen LogP contribution in [0.3, 0.4) is 0 Å². The van der Waals surface area contributed by atoms with E-state index in [-0.39, 0.29) is 0 Å². The zero-order valence-corrected chi connectivity index (χ0v) is 9.44. The van der Waals surface area contributed by atoms with E-state index in [9.17, 15) is 0 Å². The zero-order valence-electron chi connectivity index (χ0n) is 9.44. The first-order chi connectivity index (χ1) is 6.27. The molecule has 1 N–H and O–H groups in total. The first-order valence-corrected chi connectivity index (χ1v) is 5.59. The normalized spacial score (nSPS) is 11.1. The average molecular weight is 187 g/mol. The molecule has 80 valence electrons. The van der Waals surface area contributed by atoms with E-state index >= 15 is 0 Å². The molecule has 0 aliphatic heterocycles. The zero-order chi connectivity index (χ0) is 9.94. The van der Waals surface area contributed by atoms with Gasteiger partial charge in [0.25, 0.3) is 0 Å². The minimum Gasteiger partial charge on any atom is -0.379 e. The number of nitrogens with one attached hydrogen (secondary N) is 1. The Hall–Kier alpha value is -0.0800. The molecule has 0 heterocycles. The quantitative estimate of drug-likeness (QED) is 0.560. The minimum atomic E-state index is 0.375. The van der Waals surface area contributed by atoms with E-state index in [4.69, 9.17) is 4.74 Å². The highest BCUT2D eigenvalue weighted by Gasteiger charge is 1.92. The Bertz CT molecular complexity index is 94.1. The summed E-state index contributed by atoms with van der Waals surface area (Å²) in [6.07, 6.45) is 5.46. The van der Waals surface area contributed by atoms with Crippen LogP contribution in [0.4, 0.5) is 0 Å². The molecule has 0 aliphatic carbocycles. The number of ether oxygens (including phenoxy) is 1. The highest BCUT2D eigenvalue weighted by molar-refractivity contribution is 4.48. The van der Waals surface area contributed by atoms with Gasteiger partial charge in [-0.15, -0.1) is 0 Å². The molecule has 0 aliphatic rings. The molecule has 0 aromatic rings. The SMILES string of the molecule is CCCCCNCCCOC(C)C. The maximum Gasteiger partial charge on any atom is 0.0518 e. The van der Waals surface area contributed by atoms with Gasteiger partial charge in [0.2, 0.25) is 0 Å². The van der Waals surface area contributed by atoms with Gasteiger partial charge >= 0.3 is 0 Å². The fourth-order valence-corrected chi connectivity index (χ4v) is 1.14. The average Bonchev–Trinajstić information content (AvgIpc) is 2.09. The number of hydrogen-bond acceptors (Lipinski definition) is 2. The molecular weight excluding hydrogens is 162 g/mol. The van der Waals surface area contributed by atoms with Crippen molar-refractivity contribution in [2.24, 2.45) is 0 Å². The third kappa shape index (κ3) is 11.9. The fourth-order valence-electron chi connectivity index (χ4n) is 1.14. The lowest BCUT2D eigenvalue weighted by atomic mass is 10.2. The van der Waals surface area contributed by atoms with Gasteiger partial charge in [-0.2, -0.15) is 0 Å². The van der Waals surface area contributed by atoms with Crippen LogP contribution in [0.2, 0.25) is 0 Å². The number of rotatable bonds is 9. The smallest absolute Gasteiger partial charge is 0.0518 e. The molecule has 0 atom stereocenters. The van der Waals surface area contributed by atoms with Gasteiger partial charge in [0.05, 0.1) is 6.10 Å². The summed E-state index contributed by atoms with van der Waals surface area (Å²) >= 11 is 0. The maximum atomic E-state index is 5.43. The first-order valence-electron chi connectivity index (χ1n) is 5.59. The summed E-state index contributed by atoms with van der Waals surface area (Å²) in [6.45, 7) is 9.53. The Morgan fingerprint density at radius 3 is 2.38 bits per heavy atom. The maximum absolute atomic E-state index is 5.43. The minimum absolute atomic E-state index is 0.375. The Labute approximate surface area is 83.1 Å². The lowest BCUT2D eigenvalue weighted by molar-refractivity contribution is 0.0771. The van der Waals surface area contributed by atoms with Crippen molar-refractivity contribution in [3.8, 4) is 0 Å². The highest BCUT2D eigenvalue weighted by Crippen LogP contribution is 1.92. The van der Waals surface area contributed by atoms with Crippen molar-refractivity contribution in [2.75, 3.05) is 19.7 Å². The second-order valence-corrected chi connectivity index (χ2v) is 3.73. The van der Waals surface area contributed by atoms with Gasteiger partial charge < -0.3 is 10.1 Å². The largest absolute Gasteiger partial charge is 0.379 e. The molecular formula is C11H25NO. The van der Waals surface area contributed by atoms with Gasteiger partial charge in [0.15, 0.2) is 0 Å². The van der Waals surface area contributed by atoms with Gasteiger partial charge in [-0.05, 0) is 39.8 Å². The van der Waals surface area contributed by atoms with Crippen molar-refractivity contribution in [3.05, 3.63) is 0 Å². The summed E-state index contributed by atoms with van der Waals surface area (Å²) in [6, 6.07) is 0. The van der Waals surface area contributed by atoms with Crippen LogP contribution in [0.1, 0.15) is 46.5 Å². The van der Waals surface area contributed by atoms with Crippen molar-refractivity contribution < 1.29 is 4.74 Å². The van der Waals surface area contributed by atoms with E-state index in [1.807, 2.05) is 0 Å². The van der Waals surface area contributed by atoms with Crippen LogP contribution >= 0.6 is 0 Å². The molecule has 0 bridgehead atoms. The second-order valence-electron chi connectivity index (χ2n) is 3.73. The third-order valence-corrected chi connectivity index (χ3v) is 1.91. The number of hydrogen-bond donors (Lipinski definition) is 1. The predicted octanol–water partition coefficient (Wildman–Crippen LogP) is 2.58. The molecule has 0 rings (SSSR count). The Morgan fingerprint density at radius 1 is 1.08 bits per heavy atom. The van der Waals surface area contributed by atoms with Crippen molar-refractivity contribution in [1.82, 2.24) is 5.32 Å². The van der Waals surface area contributed by atoms with Crippen LogP contribution in [-0.2, 0) is 4.74 Å². The van der Waals surface area contributed by atoms with E-state index in [1.54, 1.807) is 0 Å². The van der Waals surface area contributed by atoms with Gasteiger partial charge in [-0.1, -0.05) is 19.8 Å². The Kier molecular flexibility index (Phi) is 9.94. The molecule has 0 unspecified atom stereocenters. The molecule has 13 heavy (non-hydrogen) atoms. The topological polar surface area (TPSA) is 21.3 Å². The summed E-state index contributed by atoms with van der Waals surface area (Å²) in [5.41, 5.74) is 0. The monoisotopic (exact) mass is 187 g/mol. The van der Waals surface area contributed by atoms with Gasteiger partial charge in [-0.25, -0.2) is 0 Å². The number of unbranched alkanes of at least 4 members (excludes halogenated alkanes) is 2. The summed E-state index contributed by atoms with van der Waals surface area (Å²) in [7, 11) is 0. The molecule has 0 amide bonds. The predicted molar refractivity (Wildman–Crippen MR) is 58.1 cm³/mol. The summed E-state index contributed by atoms with van der Waals surface area (Å²) in [5, 5.41) is 3.41. The second kappa shape index (κ2) is 10.0. The van der Waals surface area contributed by atoms with Crippen LogP contribution in [0, 0.1) is 0 Å². The van der Waals surface area contributed by atoms with E-state index in [0.717, 1.165) is 26.1 Å². The van der Waals surface area contributed by atoms with Crippen molar-refractivity contribution >= 4 is 0 Å². The highest BCUT2D eigenvalue weighted by atomic mass is 16.5. The van der Waals surface area contributed by atoms with Crippen LogP contribution < -0.4 is 5.32 Å². The van der Waals surface area contributed by atoms with Crippen LogP contribution in [0.5, 0.6) is 0 Å². The molecule has 0 radical (unpaired) electrons. The van der Waals surface area contributed by atoms with E-state index < -0.39 is 0 Å². The molecule has 2 heteroatoms. The molecule has 0 fully saturated rings. The van der Waals surface area contributed by atoms with Crippen LogP contribution in [-0.4, -0.2) is 25.8 Å². The third-order valence-electron chi connectivity index (χ3n) is 1.91. The molecule has 0 saturated carbocycles. The summed E-state index contributed by atoms with van der Waals surface area (Å²) < 4.78 is 5.43. The van der Waals surface area contributed by atoms with Gasteiger partial charge in [-0.3, -0.25) is 0 Å². The Morgan fingerprint density at radius 2 is 1.77 bits per heavy atom. The molecule has 0 spiro atoms. The first kappa shape index (κ1) is 12.9. The fraction of sp³-hybridized carbons (Fsp3) is 1.00. The van der Waals surface area contributed by atoms with Crippen molar-refractivity contribution in [1.29, 1.82) is 0 Å². The standard InChI is InChI=1S/C11H25NO/c1-4-5-6-8-12-9-7-10-13-11(2)3/h11-12H,4-10H2,1-3H3. The van der Waals surface area contributed by atoms with E-state index in [2.05, 4.69) is 26.1 Å². The Balaban J connectivity index is 2.84. The summed E-state index contributed by atoms with van der Waals surface area (Å²) in [5.74, 6) is 0. The molecule has 0 saturated heterocycles. The van der Waals surface area contributed by atoms with E-state index in [0.29, 0.717) is 6.10 Å². The molecule has 0 aromatic carbocycles. The van der Waals surface area contributed by atoms with Crippen molar-refractivity contribution in [2.45, 2.75) is 52.6 Å². The van der Waals surface area contributed by atoms with E-state index in [1.165, 1.54) is 19.3 Å². The van der Waals surface area contributed by atoms with Crippen LogP contribution in [0.25, 0.3) is 0 Å². The van der Waals surface area contributed by atoms with Gasteiger partial charge in [0, 0.05) is 6.61 Å². The molecule has 0 aromatic heterocycles. The van der Waals surface area contributed by atoms with Gasteiger partial charge in [0.1, 0.15) is 0 Å². The van der Waals surface area contributed by atoms with Crippen LogP contribution in [0.15, 0.2) is 0 Å². The lowest BCUT2D eigenvalue weighted by Gasteiger charge is -2.07. The van der Waals surface area contributed by atoms with Crippen molar-refractivity contribution in [3.63, 3.8) is 0 Å². The molecule has 2 nitrogen and oxygen atoms in total.